The van der Waals surface area contributed by atoms with E-state index >= 15 is 0 Å². The maximum absolute atomic E-state index is 12.7. The molecule has 0 saturated carbocycles. The summed E-state index contributed by atoms with van der Waals surface area (Å²) in [4.78, 5) is 26.6. The molecule has 0 N–H and O–H groups in total. The van der Waals surface area contributed by atoms with Crippen LogP contribution in [0.5, 0.6) is 5.75 Å². The van der Waals surface area contributed by atoms with Crippen molar-refractivity contribution in [3.8, 4) is 5.75 Å². The summed E-state index contributed by atoms with van der Waals surface area (Å²) in [6.45, 7) is 14.5. The van der Waals surface area contributed by atoms with E-state index in [2.05, 4.69) is 15.9 Å². The number of hydrogen-bond donors (Lipinski definition) is 0. The molecule has 0 heterocycles. The molecule has 0 fully saturated rings. The summed E-state index contributed by atoms with van der Waals surface area (Å²) in [6.07, 6.45) is -1.24. The number of benzene rings is 2. The number of halogens is 1. The monoisotopic (exact) mass is 479 g/mol. The van der Waals surface area contributed by atoms with Gasteiger partial charge in [-0.05, 0) is 78.6 Å². The van der Waals surface area contributed by atoms with Crippen LogP contribution in [0.3, 0.4) is 0 Å². The summed E-state index contributed by atoms with van der Waals surface area (Å²) >= 11 is 3.48. The van der Waals surface area contributed by atoms with Crippen LogP contribution in [0.15, 0.2) is 22.7 Å². The van der Waals surface area contributed by atoms with Gasteiger partial charge in [-0.15, -0.1) is 0 Å². The zero-order valence-electron chi connectivity index (χ0n) is 19.1. The van der Waals surface area contributed by atoms with Crippen molar-refractivity contribution < 1.29 is 23.8 Å². The van der Waals surface area contributed by atoms with E-state index in [0.29, 0.717) is 16.8 Å². The number of rotatable bonds is 2. The van der Waals surface area contributed by atoms with Crippen molar-refractivity contribution in [2.75, 3.05) is 11.9 Å². The molecule has 0 radical (unpaired) electrons. The highest BCUT2D eigenvalue weighted by atomic mass is 79.9. The third-order valence-corrected chi connectivity index (χ3v) is 4.81. The Balaban J connectivity index is 2.64. The summed E-state index contributed by atoms with van der Waals surface area (Å²) in [5, 5.41) is 1.44. The summed E-state index contributed by atoms with van der Waals surface area (Å²) in [6, 6.07) is 5.61. The Hall–Kier alpha value is -2.28. The first-order chi connectivity index (χ1) is 13.6. The number of fused-ring (bicyclic) bond motifs is 1. The average Bonchev–Trinajstić information content (AvgIpc) is 2.56. The van der Waals surface area contributed by atoms with Gasteiger partial charge < -0.3 is 14.2 Å². The highest BCUT2D eigenvalue weighted by molar-refractivity contribution is 9.10. The van der Waals surface area contributed by atoms with Gasteiger partial charge in [-0.2, -0.15) is 0 Å². The molecule has 2 rings (SSSR count). The standard InChI is InChI=1S/C23H30BrNO5/c1-13-14(2)19(28-21(27)30-23(6,7)8)17-12-15(24)10-11-16(17)18(13)25(9)20(26)29-22(3,4)5/h10-12H,1-9H3. The topological polar surface area (TPSA) is 65.1 Å². The molecule has 7 heteroatoms. The number of nitrogens with zero attached hydrogens (tertiary/aromatic N) is 1. The highest BCUT2D eigenvalue weighted by Gasteiger charge is 2.27. The van der Waals surface area contributed by atoms with Crippen molar-refractivity contribution >= 4 is 44.6 Å². The molecule has 0 bridgehead atoms. The number of anilines is 1. The molecule has 0 atom stereocenters. The van der Waals surface area contributed by atoms with Gasteiger partial charge in [0.25, 0.3) is 0 Å². The summed E-state index contributed by atoms with van der Waals surface area (Å²) in [7, 11) is 1.67. The lowest BCUT2D eigenvalue weighted by Crippen LogP contribution is -2.34. The highest BCUT2D eigenvalue weighted by Crippen LogP contribution is 2.42. The minimum absolute atomic E-state index is 0.402. The molecule has 0 saturated heterocycles. The predicted molar refractivity (Wildman–Crippen MR) is 123 cm³/mol. The second kappa shape index (κ2) is 8.46. The van der Waals surface area contributed by atoms with Crippen molar-refractivity contribution in [1.82, 2.24) is 0 Å². The third-order valence-electron chi connectivity index (χ3n) is 4.32. The smallest absolute Gasteiger partial charge is 0.443 e. The molecule has 2 aromatic carbocycles. The summed E-state index contributed by atoms with van der Waals surface area (Å²) < 4.78 is 17.3. The van der Waals surface area contributed by atoms with Gasteiger partial charge >= 0.3 is 12.2 Å². The van der Waals surface area contributed by atoms with E-state index in [-0.39, 0.29) is 0 Å². The SMILES string of the molecule is Cc1c(C)c(N(C)C(=O)OC(C)(C)C)c2ccc(Br)cc2c1OC(=O)OC(C)(C)C. The van der Waals surface area contributed by atoms with Crippen LogP contribution in [0, 0.1) is 13.8 Å². The fourth-order valence-corrected chi connectivity index (χ4v) is 3.36. The number of ether oxygens (including phenoxy) is 3. The van der Waals surface area contributed by atoms with E-state index in [4.69, 9.17) is 14.2 Å². The predicted octanol–water partition coefficient (Wildman–Crippen LogP) is 6.90. The van der Waals surface area contributed by atoms with E-state index in [1.165, 1.54) is 4.90 Å². The van der Waals surface area contributed by atoms with Crippen molar-refractivity contribution in [2.24, 2.45) is 0 Å². The zero-order chi connectivity index (χ0) is 23.0. The summed E-state index contributed by atoms with van der Waals surface area (Å²) in [5.74, 6) is 0.402. The second-order valence-corrected chi connectivity index (χ2v) is 10.1. The minimum Gasteiger partial charge on any atom is -0.443 e. The van der Waals surface area contributed by atoms with E-state index in [1.807, 2.05) is 52.8 Å². The van der Waals surface area contributed by atoms with Crippen LogP contribution in [-0.2, 0) is 9.47 Å². The zero-order valence-corrected chi connectivity index (χ0v) is 20.7. The van der Waals surface area contributed by atoms with Gasteiger partial charge in [0.05, 0.1) is 5.69 Å². The molecule has 6 nitrogen and oxygen atoms in total. The Morgan fingerprint density at radius 3 is 2.00 bits per heavy atom. The van der Waals surface area contributed by atoms with Gasteiger partial charge in [0.15, 0.2) is 0 Å². The van der Waals surface area contributed by atoms with Crippen LogP contribution < -0.4 is 9.64 Å². The third kappa shape index (κ3) is 5.65. The Morgan fingerprint density at radius 1 is 0.900 bits per heavy atom. The van der Waals surface area contributed by atoms with Crippen LogP contribution in [0.1, 0.15) is 52.7 Å². The lowest BCUT2D eigenvalue weighted by molar-refractivity contribution is 0.0207. The van der Waals surface area contributed by atoms with Gasteiger partial charge in [-0.3, -0.25) is 4.90 Å². The fraction of sp³-hybridized carbons (Fsp3) is 0.478. The van der Waals surface area contributed by atoms with Crippen LogP contribution >= 0.6 is 15.9 Å². The van der Waals surface area contributed by atoms with E-state index in [0.717, 1.165) is 21.0 Å². The molecule has 0 unspecified atom stereocenters. The Kier molecular flexibility index (Phi) is 6.76. The van der Waals surface area contributed by atoms with Crippen LogP contribution in [-0.4, -0.2) is 30.5 Å². The molecule has 0 aliphatic carbocycles. The van der Waals surface area contributed by atoms with Crippen LogP contribution in [0.2, 0.25) is 0 Å². The van der Waals surface area contributed by atoms with E-state index < -0.39 is 23.5 Å². The van der Waals surface area contributed by atoms with E-state index in [9.17, 15) is 9.59 Å². The fourth-order valence-electron chi connectivity index (χ4n) is 3.00. The second-order valence-electron chi connectivity index (χ2n) is 9.22. The van der Waals surface area contributed by atoms with Gasteiger partial charge in [-0.25, -0.2) is 9.59 Å². The van der Waals surface area contributed by atoms with Crippen molar-refractivity contribution in [2.45, 2.75) is 66.6 Å². The first-order valence-electron chi connectivity index (χ1n) is 9.70. The molecule has 0 aliphatic rings. The molecule has 0 spiro atoms. The van der Waals surface area contributed by atoms with Gasteiger partial charge in [-0.1, -0.05) is 22.0 Å². The average molecular weight is 480 g/mol. The quantitative estimate of drug-likeness (QED) is 0.345. The van der Waals surface area contributed by atoms with Crippen molar-refractivity contribution in [1.29, 1.82) is 0 Å². The lowest BCUT2D eigenvalue weighted by atomic mass is 9.97. The molecule has 2 aromatic rings. The molecule has 0 aromatic heterocycles. The van der Waals surface area contributed by atoms with Crippen molar-refractivity contribution in [3.63, 3.8) is 0 Å². The van der Waals surface area contributed by atoms with Crippen molar-refractivity contribution in [3.05, 3.63) is 33.8 Å². The normalized spacial score (nSPS) is 11.9. The Bertz CT molecular complexity index is 986. The molecule has 1 amide bonds. The Morgan fingerprint density at radius 2 is 1.47 bits per heavy atom. The summed E-state index contributed by atoms with van der Waals surface area (Å²) in [5.41, 5.74) is 0.939. The molecule has 30 heavy (non-hydrogen) atoms. The number of hydrogen-bond acceptors (Lipinski definition) is 5. The van der Waals surface area contributed by atoms with Gasteiger partial charge in [0.1, 0.15) is 17.0 Å². The van der Waals surface area contributed by atoms with Crippen LogP contribution in [0.25, 0.3) is 10.8 Å². The molecule has 0 aliphatic heterocycles. The minimum atomic E-state index is -0.778. The Labute approximate surface area is 186 Å². The maximum Gasteiger partial charge on any atom is 0.514 e. The largest absolute Gasteiger partial charge is 0.514 e. The molecule has 164 valence electrons. The van der Waals surface area contributed by atoms with Crippen LogP contribution in [0.4, 0.5) is 15.3 Å². The lowest BCUT2D eigenvalue weighted by Gasteiger charge is -2.28. The van der Waals surface area contributed by atoms with E-state index in [1.54, 1.807) is 27.8 Å². The first kappa shape index (κ1) is 24.0. The number of amides is 1. The first-order valence-corrected chi connectivity index (χ1v) is 10.5. The molecular weight excluding hydrogens is 450 g/mol. The molecular formula is C23H30BrNO5. The number of carbonyl (C=O) groups excluding carboxylic acids is 2. The maximum atomic E-state index is 12.7. The number of carbonyl (C=O) groups is 2. The van der Waals surface area contributed by atoms with Gasteiger partial charge in [0, 0.05) is 22.3 Å². The van der Waals surface area contributed by atoms with Gasteiger partial charge in [0.2, 0.25) is 0 Å².